The molecule has 4 heteroatoms. The third-order valence-electron chi connectivity index (χ3n) is 3.39. The van der Waals surface area contributed by atoms with Crippen molar-refractivity contribution in [3.63, 3.8) is 0 Å². The maximum absolute atomic E-state index is 12.4. The molecule has 3 N–H and O–H groups in total. The molecule has 3 nitrogen and oxygen atoms in total. The van der Waals surface area contributed by atoms with E-state index in [9.17, 15) is 4.79 Å². The van der Waals surface area contributed by atoms with Crippen LogP contribution in [0.1, 0.15) is 35.8 Å². The van der Waals surface area contributed by atoms with Gasteiger partial charge in [-0.05, 0) is 35.7 Å². The molecule has 2 rings (SSSR count). The number of halogens is 1. The second-order valence-corrected chi connectivity index (χ2v) is 5.77. The minimum Gasteiger partial charge on any atom is -0.398 e. The van der Waals surface area contributed by atoms with Gasteiger partial charge in [-0.15, -0.1) is 0 Å². The smallest absolute Gasteiger partial charge is 0.253 e. The van der Waals surface area contributed by atoms with Crippen molar-refractivity contribution in [2.75, 3.05) is 5.73 Å². The average molecular weight is 303 g/mol. The molecule has 0 fully saturated rings. The molecule has 2 aromatic rings. The molecule has 1 unspecified atom stereocenters. The van der Waals surface area contributed by atoms with Crippen molar-refractivity contribution in [1.29, 1.82) is 0 Å². The molecule has 0 saturated heterocycles. The van der Waals surface area contributed by atoms with Gasteiger partial charge in [0.25, 0.3) is 5.91 Å². The molecule has 110 valence electrons. The number of amides is 1. The van der Waals surface area contributed by atoms with Crippen LogP contribution >= 0.6 is 11.6 Å². The van der Waals surface area contributed by atoms with Gasteiger partial charge in [-0.1, -0.05) is 49.7 Å². The van der Waals surface area contributed by atoms with E-state index in [1.807, 2.05) is 30.3 Å². The second kappa shape index (κ2) is 6.64. The van der Waals surface area contributed by atoms with Crippen molar-refractivity contribution in [2.45, 2.75) is 19.9 Å². The Morgan fingerprint density at radius 3 is 2.29 bits per heavy atom. The maximum atomic E-state index is 12.4. The van der Waals surface area contributed by atoms with E-state index in [1.54, 1.807) is 18.2 Å². The Balaban J connectivity index is 2.23. The van der Waals surface area contributed by atoms with Crippen LogP contribution in [0, 0.1) is 5.92 Å². The summed E-state index contributed by atoms with van der Waals surface area (Å²) in [5.74, 6) is 0.0850. The highest BCUT2D eigenvalue weighted by molar-refractivity contribution is 6.30. The molecule has 0 aliphatic heterocycles. The minimum atomic E-state index is -0.165. The van der Waals surface area contributed by atoms with Gasteiger partial charge in [0.05, 0.1) is 11.6 Å². The van der Waals surface area contributed by atoms with Crippen LogP contribution < -0.4 is 11.1 Å². The van der Waals surface area contributed by atoms with Crippen molar-refractivity contribution in [3.05, 3.63) is 64.7 Å². The lowest BCUT2D eigenvalue weighted by Crippen LogP contribution is -2.32. The number of benzene rings is 2. The maximum Gasteiger partial charge on any atom is 0.253 e. The molecule has 0 bridgehead atoms. The van der Waals surface area contributed by atoms with Gasteiger partial charge in [-0.3, -0.25) is 4.79 Å². The number of nitrogens with two attached hydrogens (primary N) is 1. The molecular weight excluding hydrogens is 284 g/mol. The molecular formula is C17H19ClN2O. The van der Waals surface area contributed by atoms with E-state index in [0.717, 1.165) is 5.56 Å². The Kier molecular flexibility index (Phi) is 4.86. The van der Waals surface area contributed by atoms with E-state index in [1.165, 1.54) is 0 Å². The largest absolute Gasteiger partial charge is 0.398 e. The topological polar surface area (TPSA) is 55.1 Å². The summed E-state index contributed by atoms with van der Waals surface area (Å²) in [4.78, 5) is 12.4. The fourth-order valence-electron chi connectivity index (χ4n) is 2.23. The normalized spacial score (nSPS) is 12.2. The van der Waals surface area contributed by atoms with Gasteiger partial charge in [0.2, 0.25) is 0 Å². The SMILES string of the molecule is CC(C)C(NC(=O)c1ccccc1N)c1ccc(Cl)cc1. The highest BCUT2D eigenvalue weighted by atomic mass is 35.5. The molecule has 0 saturated carbocycles. The number of rotatable bonds is 4. The van der Waals surface area contributed by atoms with Crippen LogP contribution in [0.25, 0.3) is 0 Å². The Hall–Kier alpha value is -2.00. The van der Waals surface area contributed by atoms with Gasteiger partial charge in [-0.2, -0.15) is 0 Å². The van der Waals surface area contributed by atoms with Crippen LogP contribution in [0.15, 0.2) is 48.5 Å². The summed E-state index contributed by atoms with van der Waals surface area (Å²) in [6.07, 6.45) is 0. The van der Waals surface area contributed by atoms with Crippen molar-refractivity contribution >= 4 is 23.2 Å². The molecule has 1 amide bonds. The Labute approximate surface area is 130 Å². The number of para-hydroxylation sites is 1. The minimum absolute atomic E-state index is 0.0885. The third-order valence-corrected chi connectivity index (χ3v) is 3.64. The number of carbonyl (C=O) groups is 1. The Morgan fingerprint density at radius 1 is 1.10 bits per heavy atom. The van der Waals surface area contributed by atoms with Crippen molar-refractivity contribution in [1.82, 2.24) is 5.32 Å². The van der Waals surface area contributed by atoms with E-state index >= 15 is 0 Å². The molecule has 0 radical (unpaired) electrons. The number of carbonyl (C=O) groups excluding carboxylic acids is 1. The first-order chi connectivity index (χ1) is 9.99. The van der Waals surface area contributed by atoms with Crippen LogP contribution in [0.2, 0.25) is 5.02 Å². The monoisotopic (exact) mass is 302 g/mol. The zero-order valence-electron chi connectivity index (χ0n) is 12.1. The van der Waals surface area contributed by atoms with E-state index in [4.69, 9.17) is 17.3 Å². The van der Waals surface area contributed by atoms with Gasteiger partial charge in [0.1, 0.15) is 0 Å². The van der Waals surface area contributed by atoms with Crippen molar-refractivity contribution in [3.8, 4) is 0 Å². The van der Waals surface area contributed by atoms with E-state index in [0.29, 0.717) is 16.3 Å². The lowest BCUT2D eigenvalue weighted by Gasteiger charge is -2.23. The first-order valence-electron chi connectivity index (χ1n) is 6.90. The van der Waals surface area contributed by atoms with Crippen molar-refractivity contribution in [2.24, 2.45) is 5.92 Å². The van der Waals surface area contributed by atoms with Crippen LogP contribution in [0.3, 0.4) is 0 Å². The standard InChI is InChI=1S/C17H19ClN2O/c1-11(2)16(12-7-9-13(18)10-8-12)20-17(21)14-5-3-4-6-15(14)19/h3-11,16H,19H2,1-2H3,(H,20,21). The number of hydrogen-bond donors (Lipinski definition) is 2. The average Bonchev–Trinajstić information content (AvgIpc) is 2.46. The molecule has 2 aromatic carbocycles. The zero-order chi connectivity index (χ0) is 15.4. The van der Waals surface area contributed by atoms with Crippen LogP contribution in [-0.2, 0) is 0 Å². The molecule has 21 heavy (non-hydrogen) atoms. The number of anilines is 1. The van der Waals surface area contributed by atoms with E-state index < -0.39 is 0 Å². The summed E-state index contributed by atoms with van der Waals surface area (Å²) in [7, 11) is 0. The van der Waals surface area contributed by atoms with Crippen LogP contribution in [0.5, 0.6) is 0 Å². The van der Waals surface area contributed by atoms with Crippen LogP contribution in [-0.4, -0.2) is 5.91 Å². The van der Waals surface area contributed by atoms with Crippen LogP contribution in [0.4, 0.5) is 5.69 Å². The quantitative estimate of drug-likeness (QED) is 0.837. The third kappa shape index (κ3) is 3.76. The van der Waals surface area contributed by atoms with Gasteiger partial charge >= 0.3 is 0 Å². The second-order valence-electron chi connectivity index (χ2n) is 5.33. The summed E-state index contributed by atoms with van der Waals surface area (Å²) in [6, 6.07) is 14.5. The fraction of sp³-hybridized carbons (Fsp3) is 0.235. The summed E-state index contributed by atoms with van der Waals surface area (Å²) in [6.45, 7) is 4.13. The lowest BCUT2D eigenvalue weighted by atomic mass is 9.95. The molecule has 0 heterocycles. The first kappa shape index (κ1) is 15.4. The molecule has 0 aromatic heterocycles. The molecule has 0 aliphatic carbocycles. The Bertz CT molecular complexity index is 623. The fourth-order valence-corrected chi connectivity index (χ4v) is 2.35. The molecule has 0 aliphatic rings. The van der Waals surface area contributed by atoms with Gasteiger partial charge < -0.3 is 11.1 Å². The predicted octanol–water partition coefficient (Wildman–Crippen LogP) is 4.05. The highest BCUT2D eigenvalue weighted by Crippen LogP contribution is 2.24. The van der Waals surface area contributed by atoms with E-state index in [-0.39, 0.29) is 17.9 Å². The number of nitrogens with one attached hydrogen (secondary N) is 1. The Morgan fingerprint density at radius 2 is 1.71 bits per heavy atom. The lowest BCUT2D eigenvalue weighted by molar-refractivity contribution is 0.0926. The zero-order valence-corrected chi connectivity index (χ0v) is 12.9. The predicted molar refractivity (Wildman–Crippen MR) is 87.4 cm³/mol. The molecule has 1 atom stereocenters. The van der Waals surface area contributed by atoms with Crippen molar-refractivity contribution < 1.29 is 4.79 Å². The number of nitrogen functional groups attached to an aromatic ring is 1. The summed E-state index contributed by atoms with van der Waals surface area (Å²) in [5, 5.41) is 3.73. The molecule has 0 spiro atoms. The highest BCUT2D eigenvalue weighted by Gasteiger charge is 2.20. The van der Waals surface area contributed by atoms with E-state index in [2.05, 4.69) is 19.2 Å². The first-order valence-corrected chi connectivity index (χ1v) is 7.27. The van der Waals surface area contributed by atoms with Gasteiger partial charge in [-0.25, -0.2) is 0 Å². The van der Waals surface area contributed by atoms with Gasteiger partial charge in [0.15, 0.2) is 0 Å². The van der Waals surface area contributed by atoms with Gasteiger partial charge in [0, 0.05) is 10.7 Å². The summed E-state index contributed by atoms with van der Waals surface area (Å²) in [5.41, 5.74) is 7.86. The number of hydrogen-bond acceptors (Lipinski definition) is 2. The summed E-state index contributed by atoms with van der Waals surface area (Å²) < 4.78 is 0. The summed E-state index contributed by atoms with van der Waals surface area (Å²) >= 11 is 5.91.